The quantitative estimate of drug-likeness (QED) is 0.678. The van der Waals surface area contributed by atoms with E-state index in [1.165, 1.54) is 0 Å². The number of rotatable bonds is 3. The average Bonchev–Trinajstić information content (AvgIpc) is 3.24. The molecule has 0 aliphatic carbocycles. The van der Waals surface area contributed by atoms with Crippen LogP contribution in [0.15, 0.2) is 43.0 Å². The highest BCUT2D eigenvalue weighted by atomic mass is 16.2. The number of aryl methyl sites for hydroxylation is 1. The van der Waals surface area contributed by atoms with Gasteiger partial charge >= 0.3 is 0 Å². The van der Waals surface area contributed by atoms with E-state index in [1.807, 2.05) is 36.0 Å². The average molecular weight is 337 g/mol. The Morgan fingerprint density at radius 3 is 3.04 bits per heavy atom. The van der Waals surface area contributed by atoms with E-state index in [1.54, 1.807) is 18.6 Å². The molecule has 4 rings (SSSR count). The van der Waals surface area contributed by atoms with E-state index in [9.17, 15) is 9.59 Å². The molecule has 0 radical (unpaired) electrons. The monoisotopic (exact) mass is 337 g/mol. The molecule has 7 heteroatoms. The summed E-state index contributed by atoms with van der Waals surface area (Å²) in [5.74, 6) is -0.151. The molecule has 1 fully saturated rings. The van der Waals surface area contributed by atoms with E-state index < -0.39 is 0 Å². The van der Waals surface area contributed by atoms with Gasteiger partial charge in [0.05, 0.1) is 30.3 Å². The second-order valence-corrected chi connectivity index (χ2v) is 6.37. The lowest BCUT2D eigenvalue weighted by molar-refractivity contribution is -0.123. The van der Waals surface area contributed by atoms with Crippen molar-refractivity contribution in [1.29, 1.82) is 0 Å². The van der Waals surface area contributed by atoms with Crippen LogP contribution in [-0.2, 0) is 11.8 Å². The number of nitrogens with one attached hydrogen (secondary N) is 3. The van der Waals surface area contributed by atoms with Gasteiger partial charge in [-0.2, -0.15) is 0 Å². The van der Waals surface area contributed by atoms with Gasteiger partial charge in [-0.15, -0.1) is 0 Å². The zero-order valence-electron chi connectivity index (χ0n) is 13.8. The zero-order valence-corrected chi connectivity index (χ0v) is 13.8. The molecule has 0 unspecified atom stereocenters. The Kier molecular flexibility index (Phi) is 3.76. The van der Waals surface area contributed by atoms with Crippen LogP contribution in [0, 0.1) is 0 Å². The Labute approximate surface area is 144 Å². The van der Waals surface area contributed by atoms with E-state index in [-0.39, 0.29) is 23.9 Å². The van der Waals surface area contributed by atoms with Gasteiger partial charge in [-0.3, -0.25) is 9.59 Å². The first-order valence-corrected chi connectivity index (χ1v) is 8.25. The molecule has 1 saturated heterocycles. The summed E-state index contributed by atoms with van der Waals surface area (Å²) in [7, 11) is 1.88. The molecule has 1 aliphatic rings. The van der Waals surface area contributed by atoms with Gasteiger partial charge in [0.1, 0.15) is 0 Å². The number of nitrogens with zero attached hydrogens (tertiary/aromatic N) is 2. The van der Waals surface area contributed by atoms with Crippen LogP contribution < -0.4 is 10.6 Å². The van der Waals surface area contributed by atoms with Crippen molar-refractivity contribution in [2.24, 2.45) is 7.05 Å². The number of fused-ring (bicyclic) bond motifs is 1. The van der Waals surface area contributed by atoms with Crippen molar-refractivity contribution in [2.45, 2.75) is 24.9 Å². The fourth-order valence-electron chi connectivity index (χ4n) is 3.35. The highest BCUT2D eigenvalue weighted by Crippen LogP contribution is 2.24. The predicted octanol–water partition coefficient (Wildman–Crippen LogP) is 1.65. The van der Waals surface area contributed by atoms with Crippen molar-refractivity contribution in [3.8, 4) is 0 Å². The minimum absolute atomic E-state index is 0.00885. The predicted molar refractivity (Wildman–Crippen MR) is 92.9 cm³/mol. The minimum atomic E-state index is -0.284. The number of H-pyrrole nitrogens is 1. The van der Waals surface area contributed by atoms with Crippen LogP contribution in [-0.4, -0.2) is 32.4 Å². The Hall–Kier alpha value is -3.09. The molecule has 0 spiro atoms. The molecular formula is C18H19N5O2. The van der Waals surface area contributed by atoms with Crippen molar-refractivity contribution in [1.82, 2.24) is 25.2 Å². The normalized spacial score (nSPS) is 20.4. The maximum absolute atomic E-state index is 12.7. The van der Waals surface area contributed by atoms with Crippen LogP contribution in [0.3, 0.4) is 0 Å². The van der Waals surface area contributed by atoms with E-state index in [0.29, 0.717) is 18.4 Å². The van der Waals surface area contributed by atoms with Gasteiger partial charge in [0, 0.05) is 36.1 Å². The summed E-state index contributed by atoms with van der Waals surface area (Å²) in [4.78, 5) is 31.8. The fourth-order valence-corrected chi connectivity index (χ4v) is 3.35. The van der Waals surface area contributed by atoms with Gasteiger partial charge < -0.3 is 20.2 Å². The lowest BCUT2D eigenvalue weighted by Crippen LogP contribution is -2.50. The number of carbonyl (C=O) groups is 2. The Morgan fingerprint density at radius 2 is 2.24 bits per heavy atom. The standard InChI is InChI=1S/C18H19N5O2/c1-23-10-19-9-15(23)17-14(4-5-16(24)22-17)21-18(25)12-2-3-13-11(8-12)6-7-20-13/h2-3,6-10,14,17,20H,4-5H2,1H3,(H,21,25)(H,22,24)/t14-,17-/m1/s1. The molecule has 3 heterocycles. The topological polar surface area (TPSA) is 91.8 Å². The molecule has 7 nitrogen and oxygen atoms in total. The van der Waals surface area contributed by atoms with Crippen LogP contribution in [0.5, 0.6) is 0 Å². The van der Waals surface area contributed by atoms with Crippen molar-refractivity contribution in [3.63, 3.8) is 0 Å². The number of aromatic amines is 1. The Morgan fingerprint density at radius 1 is 1.36 bits per heavy atom. The molecule has 1 aromatic carbocycles. The Bertz CT molecular complexity index is 942. The summed E-state index contributed by atoms with van der Waals surface area (Å²) in [6.07, 6.45) is 6.26. The molecular weight excluding hydrogens is 318 g/mol. The third kappa shape index (κ3) is 2.88. The molecule has 2 atom stereocenters. The van der Waals surface area contributed by atoms with Crippen LogP contribution >= 0.6 is 0 Å². The SMILES string of the molecule is Cn1cncc1[C@@H]1NC(=O)CC[C@H]1NC(=O)c1ccc2[nH]ccc2c1. The smallest absolute Gasteiger partial charge is 0.251 e. The van der Waals surface area contributed by atoms with Crippen molar-refractivity contribution >= 4 is 22.7 Å². The fraction of sp³-hybridized carbons (Fsp3) is 0.278. The van der Waals surface area contributed by atoms with Crippen molar-refractivity contribution < 1.29 is 9.59 Å². The van der Waals surface area contributed by atoms with Crippen LogP contribution in [0.25, 0.3) is 10.9 Å². The molecule has 1 aliphatic heterocycles. The van der Waals surface area contributed by atoms with E-state index in [2.05, 4.69) is 20.6 Å². The first kappa shape index (κ1) is 15.4. The maximum Gasteiger partial charge on any atom is 0.251 e. The summed E-state index contributed by atoms with van der Waals surface area (Å²) in [6.45, 7) is 0. The van der Waals surface area contributed by atoms with Crippen molar-refractivity contribution in [2.75, 3.05) is 0 Å². The minimum Gasteiger partial charge on any atom is -0.361 e. The molecule has 2 aromatic heterocycles. The zero-order chi connectivity index (χ0) is 17.4. The van der Waals surface area contributed by atoms with Crippen LogP contribution in [0.4, 0.5) is 0 Å². The number of carbonyl (C=O) groups excluding carboxylic acids is 2. The lowest BCUT2D eigenvalue weighted by Gasteiger charge is -2.33. The first-order valence-electron chi connectivity index (χ1n) is 8.25. The van der Waals surface area contributed by atoms with Crippen LogP contribution in [0.1, 0.15) is 34.9 Å². The number of hydrogen-bond acceptors (Lipinski definition) is 3. The second kappa shape index (κ2) is 6.08. The van der Waals surface area contributed by atoms with Gasteiger partial charge in [-0.05, 0) is 30.7 Å². The number of amides is 2. The highest BCUT2D eigenvalue weighted by molar-refractivity contribution is 5.98. The third-order valence-electron chi connectivity index (χ3n) is 4.71. The maximum atomic E-state index is 12.7. The molecule has 2 amide bonds. The van der Waals surface area contributed by atoms with Crippen LogP contribution in [0.2, 0.25) is 0 Å². The molecule has 128 valence electrons. The lowest BCUT2D eigenvalue weighted by atomic mass is 9.95. The van der Waals surface area contributed by atoms with E-state index >= 15 is 0 Å². The molecule has 3 N–H and O–H groups in total. The highest BCUT2D eigenvalue weighted by Gasteiger charge is 2.32. The number of imidazole rings is 1. The molecule has 0 saturated carbocycles. The summed E-state index contributed by atoms with van der Waals surface area (Å²) >= 11 is 0. The van der Waals surface area contributed by atoms with Gasteiger partial charge in [-0.25, -0.2) is 4.98 Å². The van der Waals surface area contributed by atoms with Gasteiger partial charge in [0.2, 0.25) is 5.91 Å². The van der Waals surface area contributed by atoms with E-state index in [4.69, 9.17) is 0 Å². The first-order chi connectivity index (χ1) is 12.1. The Balaban J connectivity index is 1.57. The molecule has 25 heavy (non-hydrogen) atoms. The number of aromatic nitrogens is 3. The number of benzene rings is 1. The summed E-state index contributed by atoms with van der Waals surface area (Å²) < 4.78 is 1.86. The third-order valence-corrected chi connectivity index (χ3v) is 4.71. The van der Waals surface area contributed by atoms with Gasteiger partial charge in [0.25, 0.3) is 5.91 Å². The summed E-state index contributed by atoms with van der Waals surface area (Å²) in [6, 6.07) is 7.03. The summed E-state index contributed by atoms with van der Waals surface area (Å²) in [5.41, 5.74) is 2.47. The number of piperidine rings is 1. The largest absolute Gasteiger partial charge is 0.361 e. The van der Waals surface area contributed by atoms with Gasteiger partial charge in [0.15, 0.2) is 0 Å². The second-order valence-electron chi connectivity index (χ2n) is 6.37. The molecule has 3 aromatic rings. The summed E-state index contributed by atoms with van der Waals surface area (Å²) in [5, 5.41) is 7.04. The number of hydrogen-bond donors (Lipinski definition) is 3. The van der Waals surface area contributed by atoms with E-state index in [0.717, 1.165) is 16.6 Å². The van der Waals surface area contributed by atoms with Crippen molar-refractivity contribution in [3.05, 3.63) is 54.2 Å². The van der Waals surface area contributed by atoms with Gasteiger partial charge in [-0.1, -0.05) is 0 Å². The molecule has 0 bridgehead atoms.